The van der Waals surface area contributed by atoms with Crippen molar-refractivity contribution in [1.82, 2.24) is 0 Å². The van der Waals surface area contributed by atoms with Crippen molar-refractivity contribution in [2.45, 2.75) is 6.42 Å². The molecule has 0 radical (unpaired) electrons. The Hall–Kier alpha value is -3.36. The molecule has 0 saturated heterocycles. The molecule has 0 heterocycles. The number of non-ortho nitro benzene ring substituents is 2. The molecule has 110 valence electrons. The maximum atomic E-state index is 11.2. The SMILES string of the molecule is O=[N+]([O-])c1ccc2c(c1)-c1c(cc([N+](=O)[O-])cc1[N+](=O)[O-])C2. The van der Waals surface area contributed by atoms with E-state index in [4.69, 9.17) is 0 Å². The first kappa shape index (κ1) is 13.6. The third kappa shape index (κ3) is 1.95. The molecule has 0 spiro atoms. The van der Waals surface area contributed by atoms with Crippen LogP contribution >= 0.6 is 0 Å². The highest BCUT2D eigenvalue weighted by atomic mass is 16.6. The van der Waals surface area contributed by atoms with Gasteiger partial charge in [-0.1, -0.05) is 6.07 Å². The maximum absolute atomic E-state index is 11.2. The van der Waals surface area contributed by atoms with Crippen LogP contribution in [0.25, 0.3) is 11.1 Å². The minimum absolute atomic E-state index is 0.181. The molecule has 0 atom stereocenters. The molecular formula is C13H7N3O6. The fraction of sp³-hybridized carbons (Fsp3) is 0.0769. The Morgan fingerprint density at radius 3 is 2.05 bits per heavy atom. The van der Waals surface area contributed by atoms with Crippen LogP contribution in [0.4, 0.5) is 17.1 Å². The lowest BCUT2D eigenvalue weighted by Crippen LogP contribution is -1.96. The fourth-order valence-electron chi connectivity index (χ4n) is 2.64. The van der Waals surface area contributed by atoms with Gasteiger partial charge < -0.3 is 0 Å². The Kier molecular flexibility index (Phi) is 2.84. The fourth-order valence-corrected chi connectivity index (χ4v) is 2.64. The van der Waals surface area contributed by atoms with Crippen LogP contribution in [0.5, 0.6) is 0 Å². The Morgan fingerprint density at radius 1 is 0.773 bits per heavy atom. The average molecular weight is 301 g/mol. The largest absolute Gasteiger partial charge is 0.284 e. The summed E-state index contributed by atoms with van der Waals surface area (Å²) in [4.78, 5) is 31.0. The summed E-state index contributed by atoms with van der Waals surface area (Å²) < 4.78 is 0. The van der Waals surface area contributed by atoms with Gasteiger partial charge in [-0.2, -0.15) is 0 Å². The third-order valence-corrected chi connectivity index (χ3v) is 3.55. The average Bonchev–Trinajstić information content (AvgIpc) is 2.83. The van der Waals surface area contributed by atoms with E-state index < -0.39 is 20.5 Å². The summed E-state index contributed by atoms with van der Waals surface area (Å²) >= 11 is 0. The van der Waals surface area contributed by atoms with Crippen LogP contribution in [0.3, 0.4) is 0 Å². The van der Waals surface area contributed by atoms with Gasteiger partial charge in [0.05, 0.1) is 26.4 Å². The molecule has 3 rings (SSSR count). The predicted molar refractivity (Wildman–Crippen MR) is 74.6 cm³/mol. The van der Waals surface area contributed by atoms with E-state index in [0.717, 1.165) is 6.07 Å². The second-order valence-corrected chi connectivity index (χ2v) is 4.79. The molecule has 9 heteroatoms. The molecule has 0 fully saturated rings. The standard InChI is InChI=1S/C13H7N3O6/c17-14(18)9-2-1-7-3-8-4-10(15(19)20)6-12(16(21)22)13(8)11(7)5-9/h1-2,4-6H,3H2. The van der Waals surface area contributed by atoms with Gasteiger partial charge in [0, 0.05) is 18.2 Å². The number of hydrogen-bond donors (Lipinski definition) is 0. The first-order valence-corrected chi connectivity index (χ1v) is 6.12. The Bertz CT molecular complexity index is 861. The van der Waals surface area contributed by atoms with Crippen molar-refractivity contribution >= 4 is 17.1 Å². The van der Waals surface area contributed by atoms with E-state index in [0.29, 0.717) is 16.7 Å². The highest BCUT2D eigenvalue weighted by Crippen LogP contribution is 2.45. The molecule has 22 heavy (non-hydrogen) atoms. The summed E-state index contributed by atoms with van der Waals surface area (Å²) in [6.45, 7) is 0. The van der Waals surface area contributed by atoms with Crippen molar-refractivity contribution in [2.75, 3.05) is 0 Å². The molecule has 0 unspecified atom stereocenters. The molecule has 2 aromatic carbocycles. The zero-order valence-corrected chi connectivity index (χ0v) is 10.9. The monoisotopic (exact) mass is 301 g/mol. The third-order valence-electron chi connectivity index (χ3n) is 3.55. The lowest BCUT2D eigenvalue weighted by molar-refractivity contribution is -0.393. The predicted octanol–water partition coefficient (Wildman–Crippen LogP) is 2.98. The van der Waals surface area contributed by atoms with Gasteiger partial charge in [0.25, 0.3) is 17.1 Å². The van der Waals surface area contributed by atoms with Crippen molar-refractivity contribution < 1.29 is 14.8 Å². The number of benzene rings is 2. The van der Waals surface area contributed by atoms with Crippen LogP contribution < -0.4 is 0 Å². The molecular weight excluding hydrogens is 294 g/mol. The van der Waals surface area contributed by atoms with E-state index in [1.54, 1.807) is 0 Å². The Labute approximate surface area is 122 Å². The van der Waals surface area contributed by atoms with Gasteiger partial charge in [-0.05, 0) is 23.1 Å². The molecule has 9 nitrogen and oxygen atoms in total. The molecule has 0 N–H and O–H groups in total. The van der Waals surface area contributed by atoms with Gasteiger partial charge in [-0.3, -0.25) is 30.3 Å². The van der Waals surface area contributed by atoms with E-state index in [1.165, 1.54) is 24.3 Å². The van der Waals surface area contributed by atoms with Gasteiger partial charge >= 0.3 is 0 Å². The minimum Gasteiger partial charge on any atom is -0.258 e. The first-order chi connectivity index (χ1) is 10.4. The van der Waals surface area contributed by atoms with Gasteiger partial charge in [-0.25, -0.2) is 0 Å². The summed E-state index contributed by atoms with van der Waals surface area (Å²) in [5.41, 5.74) is 0.733. The van der Waals surface area contributed by atoms with Crippen molar-refractivity contribution in [3.63, 3.8) is 0 Å². The molecule has 0 amide bonds. The lowest BCUT2D eigenvalue weighted by atomic mass is 10.0. The Balaban J connectivity index is 2.29. The van der Waals surface area contributed by atoms with Gasteiger partial charge in [0.1, 0.15) is 0 Å². The number of nitrogens with zero attached hydrogens (tertiary/aromatic N) is 3. The van der Waals surface area contributed by atoms with Crippen LogP contribution in [0.2, 0.25) is 0 Å². The van der Waals surface area contributed by atoms with E-state index in [9.17, 15) is 30.3 Å². The maximum Gasteiger partial charge on any atom is 0.284 e. The smallest absolute Gasteiger partial charge is 0.258 e. The van der Waals surface area contributed by atoms with Gasteiger partial charge in [-0.15, -0.1) is 0 Å². The molecule has 1 aliphatic carbocycles. The van der Waals surface area contributed by atoms with Crippen LogP contribution in [-0.4, -0.2) is 14.8 Å². The number of fused-ring (bicyclic) bond motifs is 3. The molecule has 0 aromatic heterocycles. The summed E-state index contributed by atoms with van der Waals surface area (Å²) in [7, 11) is 0. The zero-order valence-electron chi connectivity index (χ0n) is 10.9. The van der Waals surface area contributed by atoms with Crippen LogP contribution in [0.15, 0.2) is 30.3 Å². The second kappa shape index (κ2) is 4.58. The second-order valence-electron chi connectivity index (χ2n) is 4.79. The van der Waals surface area contributed by atoms with Crippen LogP contribution in [0.1, 0.15) is 11.1 Å². The summed E-state index contributed by atoms with van der Waals surface area (Å²) in [5.74, 6) is 0. The minimum atomic E-state index is -0.709. The molecule has 0 bridgehead atoms. The van der Waals surface area contributed by atoms with Gasteiger partial charge in [0.2, 0.25) is 0 Å². The number of rotatable bonds is 3. The van der Waals surface area contributed by atoms with Crippen LogP contribution in [-0.2, 0) is 6.42 Å². The van der Waals surface area contributed by atoms with Gasteiger partial charge in [0.15, 0.2) is 0 Å². The Morgan fingerprint density at radius 2 is 1.45 bits per heavy atom. The summed E-state index contributed by atoms with van der Waals surface area (Å²) in [5, 5.41) is 33.0. The molecule has 0 aliphatic heterocycles. The van der Waals surface area contributed by atoms with Crippen molar-refractivity contribution in [3.8, 4) is 11.1 Å². The number of nitro groups is 3. The number of nitro benzene ring substituents is 3. The van der Waals surface area contributed by atoms with Crippen molar-refractivity contribution in [3.05, 3.63) is 71.8 Å². The summed E-state index contributed by atoms with van der Waals surface area (Å²) in [6, 6.07) is 6.24. The highest BCUT2D eigenvalue weighted by molar-refractivity contribution is 5.86. The van der Waals surface area contributed by atoms with E-state index in [2.05, 4.69) is 0 Å². The highest BCUT2D eigenvalue weighted by Gasteiger charge is 2.31. The van der Waals surface area contributed by atoms with E-state index in [-0.39, 0.29) is 23.4 Å². The first-order valence-electron chi connectivity index (χ1n) is 6.12. The van der Waals surface area contributed by atoms with E-state index >= 15 is 0 Å². The number of hydrogen-bond acceptors (Lipinski definition) is 6. The molecule has 0 saturated carbocycles. The van der Waals surface area contributed by atoms with Crippen molar-refractivity contribution in [1.29, 1.82) is 0 Å². The van der Waals surface area contributed by atoms with E-state index in [1.807, 2.05) is 0 Å². The summed E-state index contributed by atoms with van der Waals surface area (Å²) in [6.07, 6.45) is 0.269. The topological polar surface area (TPSA) is 129 Å². The van der Waals surface area contributed by atoms with Crippen LogP contribution in [0, 0.1) is 30.3 Å². The lowest BCUT2D eigenvalue weighted by Gasteiger charge is -2.03. The zero-order chi connectivity index (χ0) is 16.0. The quantitative estimate of drug-likeness (QED) is 0.540. The van der Waals surface area contributed by atoms with Crippen molar-refractivity contribution in [2.24, 2.45) is 0 Å². The molecule has 1 aliphatic rings. The normalized spacial score (nSPS) is 11.6. The molecule has 2 aromatic rings.